The Morgan fingerprint density at radius 1 is 1.04 bits per heavy atom. The Labute approximate surface area is 169 Å². The van der Waals surface area contributed by atoms with Crippen molar-refractivity contribution in [3.8, 4) is 0 Å². The Morgan fingerprint density at radius 2 is 1.48 bits per heavy atom. The molecule has 0 bridgehead atoms. The predicted molar refractivity (Wildman–Crippen MR) is 114 cm³/mol. The topological polar surface area (TPSA) is 47.9 Å². The van der Waals surface area contributed by atoms with Crippen LogP contribution in [0.3, 0.4) is 0 Å². The maximum Gasteiger partial charge on any atom is 0.192 e. The van der Waals surface area contributed by atoms with Gasteiger partial charge in [0, 0.05) is 0 Å². The highest BCUT2D eigenvalue weighted by Crippen LogP contribution is 2.47. The molecule has 1 N–H and O–H groups in total. The van der Waals surface area contributed by atoms with Gasteiger partial charge in [0.05, 0.1) is 6.61 Å². The van der Waals surface area contributed by atoms with Crippen LogP contribution < -0.4 is 0 Å². The maximum atomic E-state index is 10.3. The summed E-state index contributed by atoms with van der Waals surface area (Å²) in [7, 11) is -4.02. The number of alkyl halides is 2. The molecule has 1 unspecified atom stereocenters. The lowest BCUT2D eigenvalue weighted by Crippen LogP contribution is -2.52. The van der Waals surface area contributed by atoms with Crippen molar-refractivity contribution >= 4 is 44.2 Å². The molecule has 4 atom stereocenters. The zero-order valence-corrected chi connectivity index (χ0v) is 21.7. The summed E-state index contributed by atoms with van der Waals surface area (Å²) in [6.45, 7) is 22.2. The molecule has 0 radical (unpaired) electrons. The lowest BCUT2D eigenvalue weighted by Gasteiger charge is -2.42. The molecule has 0 aliphatic carbocycles. The Balaban J connectivity index is 2.98. The summed E-state index contributed by atoms with van der Waals surface area (Å²) in [6.07, 6.45) is -2.03. The van der Waals surface area contributed by atoms with E-state index in [1.54, 1.807) is 0 Å². The van der Waals surface area contributed by atoms with Gasteiger partial charge in [-0.15, -0.1) is 0 Å². The SMILES string of the molecule is CC(C)(C)[Si](C)(C)OC[C@H]1OC(O)[C@@](Cl)(Br)[C@@H]1O[Si](C)(C)C(C)(C)C. The van der Waals surface area contributed by atoms with Crippen molar-refractivity contribution < 1.29 is 18.7 Å². The molecule has 1 aliphatic heterocycles. The van der Waals surface area contributed by atoms with Gasteiger partial charge in [0.2, 0.25) is 0 Å². The lowest BCUT2D eigenvalue weighted by atomic mass is 10.2. The summed E-state index contributed by atoms with van der Waals surface area (Å²) in [5, 5.41) is 10.4. The van der Waals surface area contributed by atoms with E-state index in [1.165, 1.54) is 0 Å². The first-order valence-electron chi connectivity index (χ1n) is 8.86. The molecular formula is C17H36BrClO4Si2. The van der Waals surface area contributed by atoms with Crippen molar-refractivity contribution in [2.24, 2.45) is 0 Å². The molecule has 1 saturated heterocycles. The summed E-state index contributed by atoms with van der Waals surface area (Å²) in [5.74, 6) is 0. The molecule has 1 heterocycles. The molecule has 0 aromatic rings. The van der Waals surface area contributed by atoms with Gasteiger partial charge in [0.15, 0.2) is 26.7 Å². The van der Waals surface area contributed by atoms with E-state index in [1.807, 2.05) is 0 Å². The van der Waals surface area contributed by atoms with Gasteiger partial charge in [-0.3, -0.25) is 0 Å². The van der Waals surface area contributed by atoms with Gasteiger partial charge in [0.25, 0.3) is 0 Å². The smallest absolute Gasteiger partial charge is 0.192 e. The van der Waals surface area contributed by atoms with Crippen LogP contribution in [0.4, 0.5) is 0 Å². The zero-order chi connectivity index (χ0) is 20.1. The highest BCUT2D eigenvalue weighted by Gasteiger charge is 2.58. The third kappa shape index (κ3) is 5.31. The third-order valence-electron chi connectivity index (χ3n) is 5.99. The van der Waals surface area contributed by atoms with Gasteiger partial charge in [-0.25, -0.2) is 0 Å². The van der Waals surface area contributed by atoms with E-state index in [4.69, 9.17) is 25.2 Å². The molecule has 1 aliphatic rings. The first-order valence-corrected chi connectivity index (χ1v) is 15.8. The highest BCUT2D eigenvalue weighted by molar-refractivity contribution is 9.10. The quantitative estimate of drug-likeness (QED) is 0.424. The Hall–Kier alpha value is 1.04. The van der Waals surface area contributed by atoms with Crippen LogP contribution in [0.15, 0.2) is 0 Å². The molecule has 25 heavy (non-hydrogen) atoms. The van der Waals surface area contributed by atoms with E-state index < -0.39 is 38.9 Å². The Bertz CT molecular complexity index is 472. The van der Waals surface area contributed by atoms with Crippen LogP contribution in [-0.2, 0) is 13.6 Å². The average molecular weight is 476 g/mol. The van der Waals surface area contributed by atoms with E-state index in [2.05, 4.69) is 83.7 Å². The number of ether oxygens (including phenoxy) is 1. The Morgan fingerprint density at radius 3 is 1.88 bits per heavy atom. The maximum absolute atomic E-state index is 10.3. The molecule has 0 aromatic carbocycles. The van der Waals surface area contributed by atoms with E-state index in [0.717, 1.165) is 0 Å². The molecule has 1 fully saturated rings. The third-order valence-corrected chi connectivity index (χ3v) is 16.2. The molecule has 150 valence electrons. The first kappa shape index (κ1) is 24.1. The van der Waals surface area contributed by atoms with Gasteiger partial charge in [-0.2, -0.15) is 0 Å². The van der Waals surface area contributed by atoms with Crippen LogP contribution >= 0.6 is 27.5 Å². The second-order valence-electron chi connectivity index (χ2n) is 10.1. The van der Waals surface area contributed by atoms with Crippen LogP contribution in [-0.4, -0.2) is 50.6 Å². The molecule has 0 spiro atoms. The highest BCUT2D eigenvalue weighted by atomic mass is 79.9. The van der Waals surface area contributed by atoms with Crippen molar-refractivity contribution in [1.29, 1.82) is 0 Å². The van der Waals surface area contributed by atoms with Gasteiger partial charge < -0.3 is 18.7 Å². The standard InChI is InChI=1S/C17H36BrClO4Si2/c1-15(2,3)24(7,8)21-11-12-13(17(18,19)14(20)22-12)23-25(9,10)16(4,5)6/h12-14,20H,11H2,1-10H3/t12-,13-,14?,17-/m1/s1. The molecule has 1 rings (SSSR count). The van der Waals surface area contributed by atoms with E-state index >= 15 is 0 Å². The monoisotopic (exact) mass is 474 g/mol. The number of halogens is 2. The molecule has 0 saturated carbocycles. The minimum Gasteiger partial charge on any atom is -0.414 e. The van der Waals surface area contributed by atoms with Crippen molar-refractivity contribution in [2.45, 2.75) is 100 Å². The molecule has 0 aromatic heterocycles. The second kappa shape index (κ2) is 7.46. The fraction of sp³-hybridized carbons (Fsp3) is 1.00. The number of hydrogen-bond acceptors (Lipinski definition) is 4. The number of aliphatic hydroxyl groups excluding tert-OH is 1. The van der Waals surface area contributed by atoms with Crippen molar-refractivity contribution in [3.63, 3.8) is 0 Å². The minimum absolute atomic E-state index is 0.0331. The zero-order valence-electron chi connectivity index (χ0n) is 17.4. The average Bonchev–Trinajstić information content (AvgIpc) is 2.57. The minimum atomic E-state index is -2.09. The fourth-order valence-electron chi connectivity index (χ4n) is 2.00. The van der Waals surface area contributed by atoms with Crippen LogP contribution in [0.1, 0.15) is 41.5 Å². The number of rotatable bonds is 5. The predicted octanol–water partition coefficient (Wildman–Crippen LogP) is 5.45. The summed E-state index contributed by atoms with van der Waals surface area (Å²) in [4.78, 5) is 0. The van der Waals surface area contributed by atoms with Gasteiger partial charge >= 0.3 is 0 Å². The van der Waals surface area contributed by atoms with Crippen molar-refractivity contribution in [1.82, 2.24) is 0 Å². The molecular weight excluding hydrogens is 440 g/mol. The first-order chi connectivity index (χ1) is 10.8. The second-order valence-corrected chi connectivity index (χ2v) is 22.0. The van der Waals surface area contributed by atoms with E-state index in [0.29, 0.717) is 6.61 Å². The molecule has 4 nitrogen and oxygen atoms in total. The number of aliphatic hydroxyl groups is 1. The Kier molecular flexibility index (Phi) is 7.19. The largest absolute Gasteiger partial charge is 0.414 e. The van der Waals surface area contributed by atoms with Crippen LogP contribution in [0.5, 0.6) is 0 Å². The van der Waals surface area contributed by atoms with E-state index in [-0.39, 0.29) is 10.1 Å². The van der Waals surface area contributed by atoms with Crippen molar-refractivity contribution in [2.75, 3.05) is 6.61 Å². The summed E-state index contributed by atoms with van der Waals surface area (Å²) in [6, 6.07) is 0. The molecule has 0 amide bonds. The van der Waals surface area contributed by atoms with Gasteiger partial charge in [0.1, 0.15) is 12.2 Å². The van der Waals surface area contributed by atoms with Gasteiger partial charge in [-0.05, 0) is 36.3 Å². The summed E-state index contributed by atoms with van der Waals surface area (Å²) >= 11 is 10.0. The van der Waals surface area contributed by atoms with Gasteiger partial charge in [-0.1, -0.05) is 69.1 Å². The summed E-state index contributed by atoms with van der Waals surface area (Å²) < 4.78 is 17.4. The lowest BCUT2D eigenvalue weighted by molar-refractivity contribution is -0.106. The van der Waals surface area contributed by atoms with Crippen LogP contribution in [0.2, 0.25) is 36.3 Å². The van der Waals surface area contributed by atoms with Crippen LogP contribution in [0.25, 0.3) is 0 Å². The number of hydrogen-bond donors (Lipinski definition) is 1. The fourth-order valence-corrected chi connectivity index (χ4v) is 5.32. The van der Waals surface area contributed by atoms with E-state index in [9.17, 15) is 5.11 Å². The molecule has 8 heteroatoms. The summed E-state index contributed by atoms with van der Waals surface area (Å²) in [5.41, 5.74) is 0. The normalized spacial score (nSPS) is 32.3. The van der Waals surface area contributed by atoms with Crippen LogP contribution in [0, 0.1) is 0 Å². The van der Waals surface area contributed by atoms with Crippen molar-refractivity contribution in [3.05, 3.63) is 0 Å².